The molecule has 0 aliphatic rings. The van der Waals surface area contributed by atoms with Crippen molar-refractivity contribution in [3.8, 4) is 17.1 Å². The highest BCUT2D eigenvalue weighted by Gasteiger charge is 2.17. The minimum absolute atomic E-state index is 0.125. The molecule has 0 bridgehead atoms. The number of hydrazone groups is 1. The van der Waals surface area contributed by atoms with E-state index in [1.54, 1.807) is 24.5 Å². The Kier molecular flexibility index (Phi) is 6.35. The second-order valence-electron chi connectivity index (χ2n) is 5.95. The summed E-state index contributed by atoms with van der Waals surface area (Å²) >= 11 is 4.72. The van der Waals surface area contributed by atoms with Crippen molar-refractivity contribution in [1.82, 2.24) is 25.2 Å². The van der Waals surface area contributed by atoms with Gasteiger partial charge < -0.3 is 4.42 Å². The topological polar surface area (TPSA) is 98.2 Å². The van der Waals surface area contributed by atoms with Crippen LogP contribution < -0.4 is 5.43 Å². The van der Waals surface area contributed by atoms with Gasteiger partial charge in [-0.3, -0.25) is 14.3 Å². The van der Waals surface area contributed by atoms with Gasteiger partial charge in [0.05, 0.1) is 18.2 Å². The number of halogens is 1. The molecule has 8 nitrogen and oxygen atoms in total. The van der Waals surface area contributed by atoms with Gasteiger partial charge in [-0.25, -0.2) is 5.43 Å². The summed E-state index contributed by atoms with van der Waals surface area (Å²) in [5.41, 5.74) is 4.23. The molecule has 0 radical (unpaired) electrons. The molecule has 0 aliphatic heterocycles. The minimum atomic E-state index is -0.265. The van der Waals surface area contributed by atoms with Crippen LogP contribution in [0.15, 0.2) is 86.3 Å². The SMILES string of the molecule is O=C(CSc1nnc(-c2ccncc2)n1-c1ccc(Br)cc1)N/N=C\c1ccco1. The van der Waals surface area contributed by atoms with Crippen LogP contribution >= 0.6 is 27.7 Å². The lowest BCUT2D eigenvalue weighted by Gasteiger charge is -2.10. The molecule has 0 atom stereocenters. The number of carbonyl (C=O) groups is 1. The summed E-state index contributed by atoms with van der Waals surface area (Å²) in [5.74, 6) is 1.08. The van der Waals surface area contributed by atoms with Crippen molar-refractivity contribution in [2.75, 3.05) is 5.75 Å². The van der Waals surface area contributed by atoms with Gasteiger partial charge in [-0.15, -0.1) is 10.2 Å². The summed E-state index contributed by atoms with van der Waals surface area (Å²) in [5, 5.41) is 13.1. The lowest BCUT2D eigenvalue weighted by atomic mass is 10.2. The number of carbonyl (C=O) groups excluding carboxylic acids is 1. The van der Waals surface area contributed by atoms with Gasteiger partial charge in [0, 0.05) is 28.1 Å². The number of aromatic nitrogens is 4. The third kappa shape index (κ3) is 4.84. The van der Waals surface area contributed by atoms with Crippen molar-refractivity contribution < 1.29 is 9.21 Å². The Morgan fingerprint density at radius 3 is 2.70 bits per heavy atom. The number of pyridine rings is 1. The molecule has 0 unspecified atom stereocenters. The van der Waals surface area contributed by atoms with Gasteiger partial charge >= 0.3 is 0 Å². The van der Waals surface area contributed by atoms with E-state index in [0.717, 1.165) is 15.7 Å². The number of rotatable bonds is 7. The van der Waals surface area contributed by atoms with Crippen LogP contribution in [0, 0.1) is 0 Å². The summed E-state index contributed by atoms with van der Waals surface area (Å²) in [7, 11) is 0. The highest BCUT2D eigenvalue weighted by molar-refractivity contribution is 9.10. The average Bonchev–Trinajstić information content (AvgIpc) is 3.43. The number of nitrogens with one attached hydrogen (secondary N) is 1. The van der Waals surface area contributed by atoms with Gasteiger partial charge in [0.25, 0.3) is 5.91 Å². The lowest BCUT2D eigenvalue weighted by Crippen LogP contribution is -2.19. The third-order valence-corrected chi connectivity index (χ3v) is 5.37. The largest absolute Gasteiger partial charge is 0.463 e. The van der Waals surface area contributed by atoms with Crippen molar-refractivity contribution >= 4 is 39.8 Å². The van der Waals surface area contributed by atoms with Crippen molar-refractivity contribution in [2.45, 2.75) is 5.16 Å². The summed E-state index contributed by atoms with van der Waals surface area (Å²) in [6.07, 6.45) is 6.38. The zero-order valence-electron chi connectivity index (χ0n) is 15.5. The van der Waals surface area contributed by atoms with Gasteiger partial charge in [-0.2, -0.15) is 5.10 Å². The maximum Gasteiger partial charge on any atom is 0.250 e. The van der Waals surface area contributed by atoms with E-state index in [1.807, 2.05) is 41.0 Å². The van der Waals surface area contributed by atoms with E-state index in [2.05, 4.69) is 41.6 Å². The Hall–Kier alpha value is -3.24. The van der Waals surface area contributed by atoms with Crippen LogP contribution in [0.3, 0.4) is 0 Å². The first-order valence-corrected chi connectivity index (χ1v) is 10.6. The lowest BCUT2D eigenvalue weighted by molar-refractivity contribution is -0.118. The van der Waals surface area contributed by atoms with E-state index in [1.165, 1.54) is 24.2 Å². The molecule has 0 fully saturated rings. The number of nitrogens with zero attached hydrogens (tertiary/aromatic N) is 5. The summed E-state index contributed by atoms with van der Waals surface area (Å²) in [6.45, 7) is 0. The first-order valence-electron chi connectivity index (χ1n) is 8.80. The summed E-state index contributed by atoms with van der Waals surface area (Å²) in [4.78, 5) is 16.2. The molecule has 4 rings (SSSR count). The zero-order valence-corrected chi connectivity index (χ0v) is 17.9. The first-order chi connectivity index (χ1) is 14.7. The Morgan fingerprint density at radius 2 is 1.97 bits per heavy atom. The maximum atomic E-state index is 12.2. The zero-order chi connectivity index (χ0) is 20.8. The highest BCUT2D eigenvalue weighted by atomic mass is 79.9. The molecule has 4 aromatic rings. The molecule has 1 N–H and O–H groups in total. The van der Waals surface area contributed by atoms with Gasteiger partial charge in [0.2, 0.25) is 0 Å². The second-order valence-corrected chi connectivity index (χ2v) is 7.81. The Bertz CT molecular complexity index is 1140. The first kappa shape index (κ1) is 20.0. The molecule has 0 aliphatic carbocycles. The summed E-state index contributed by atoms with van der Waals surface area (Å²) in [6, 6.07) is 15.0. The Morgan fingerprint density at radius 1 is 1.17 bits per heavy atom. The van der Waals surface area contributed by atoms with Crippen LogP contribution in [0.5, 0.6) is 0 Å². The van der Waals surface area contributed by atoms with E-state index in [9.17, 15) is 4.79 Å². The third-order valence-electron chi connectivity index (χ3n) is 3.91. The summed E-state index contributed by atoms with van der Waals surface area (Å²) < 4.78 is 8.00. The Labute approximate surface area is 184 Å². The van der Waals surface area contributed by atoms with Crippen LogP contribution in [0.4, 0.5) is 0 Å². The average molecular weight is 483 g/mol. The quantitative estimate of drug-likeness (QED) is 0.243. The minimum Gasteiger partial charge on any atom is -0.463 e. The molecule has 30 heavy (non-hydrogen) atoms. The van der Waals surface area contributed by atoms with E-state index < -0.39 is 0 Å². The highest BCUT2D eigenvalue weighted by Crippen LogP contribution is 2.28. The predicted octanol–water partition coefficient (Wildman–Crippen LogP) is 3.93. The number of hydrogen-bond acceptors (Lipinski definition) is 7. The monoisotopic (exact) mass is 482 g/mol. The predicted molar refractivity (Wildman–Crippen MR) is 117 cm³/mol. The van der Waals surface area contributed by atoms with E-state index >= 15 is 0 Å². The number of thioether (sulfide) groups is 1. The fourth-order valence-electron chi connectivity index (χ4n) is 2.57. The van der Waals surface area contributed by atoms with Crippen LogP contribution in [0.1, 0.15) is 5.76 Å². The van der Waals surface area contributed by atoms with Gasteiger partial charge in [0.1, 0.15) is 5.76 Å². The number of hydrogen-bond donors (Lipinski definition) is 1. The second kappa shape index (κ2) is 9.51. The normalized spacial score (nSPS) is 11.1. The molecule has 150 valence electrons. The van der Waals surface area contributed by atoms with Crippen LogP contribution in [0.25, 0.3) is 17.1 Å². The van der Waals surface area contributed by atoms with E-state index in [-0.39, 0.29) is 11.7 Å². The van der Waals surface area contributed by atoms with Crippen molar-refractivity contribution in [3.05, 3.63) is 77.4 Å². The van der Waals surface area contributed by atoms with Gasteiger partial charge in [-0.05, 0) is 48.5 Å². The van der Waals surface area contributed by atoms with Gasteiger partial charge in [0.15, 0.2) is 11.0 Å². The molecular weight excluding hydrogens is 468 g/mol. The van der Waals surface area contributed by atoms with E-state index in [4.69, 9.17) is 4.42 Å². The maximum absolute atomic E-state index is 12.2. The van der Waals surface area contributed by atoms with Crippen LogP contribution in [0.2, 0.25) is 0 Å². The number of furan rings is 1. The molecule has 1 amide bonds. The standard InChI is InChI=1S/C20H15BrN6O2S/c21-15-3-5-16(6-4-15)27-19(14-7-9-22-10-8-14)25-26-20(27)30-13-18(28)24-23-12-17-2-1-11-29-17/h1-12H,13H2,(H,24,28)/b23-12-. The molecule has 3 heterocycles. The molecule has 3 aromatic heterocycles. The number of benzene rings is 1. The molecule has 1 aromatic carbocycles. The molecule has 0 spiro atoms. The van der Waals surface area contributed by atoms with Crippen LogP contribution in [-0.4, -0.2) is 37.6 Å². The fraction of sp³-hybridized carbons (Fsp3) is 0.0500. The molecule has 0 saturated carbocycles. The van der Waals surface area contributed by atoms with Crippen molar-refractivity contribution in [2.24, 2.45) is 5.10 Å². The number of amides is 1. The van der Waals surface area contributed by atoms with E-state index in [0.29, 0.717) is 16.7 Å². The molecule has 0 saturated heterocycles. The fourth-order valence-corrected chi connectivity index (χ4v) is 3.58. The smallest absolute Gasteiger partial charge is 0.250 e. The Balaban J connectivity index is 1.53. The van der Waals surface area contributed by atoms with Crippen LogP contribution in [-0.2, 0) is 4.79 Å². The molecule has 10 heteroatoms. The van der Waals surface area contributed by atoms with Gasteiger partial charge in [-0.1, -0.05) is 27.7 Å². The van der Waals surface area contributed by atoms with Crippen molar-refractivity contribution in [3.63, 3.8) is 0 Å². The van der Waals surface area contributed by atoms with Crippen molar-refractivity contribution in [1.29, 1.82) is 0 Å². The molecular formula is C20H15BrN6O2S.